The van der Waals surface area contributed by atoms with Crippen LogP contribution < -0.4 is 20.7 Å². The Bertz CT molecular complexity index is 1290. The summed E-state index contributed by atoms with van der Waals surface area (Å²) >= 11 is 0. The molecular formula is C41H55NSi. The zero-order valence-corrected chi connectivity index (χ0v) is 28.7. The Morgan fingerprint density at radius 3 is 0.860 bits per heavy atom. The molecule has 1 nitrogen and oxygen atoms in total. The fourth-order valence-corrected chi connectivity index (χ4v) is 15.9. The van der Waals surface area contributed by atoms with Gasteiger partial charge < -0.3 is 4.48 Å². The third-order valence-electron chi connectivity index (χ3n) is 10.9. The molecule has 0 atom stereocenters. The summed E-state index contributed by atoms with van der Waals surface area (Å²) in [6.45, 7) is 17.6. The molecule has 0 aliphatic carbocycles. The molecule has 0 saturated carbocycles. The third kappa shape index (κ3) is 5.25. The van der Waals surface area contributed by atoms with Crippen LogP contribution in [0.1, 0.15) is 79.1 Å². The van der Waals surface area contributed by atoms with Crippen molar-refractivity contribution in [2.24, 2.45) is 0 Å². The first-order valence-corrected chi connectivity index (χ1v) is 20.4. The van der Waals surface area contributed by atoms with Gasteiger partial charge in [0.2, 0.25) is 0 Å². The second-order valence-electron chi connectivity index (χ2n) is 13.6. The van der Waals surface area contributed by atoms with E-state index >= 15 is 0 Å². The average molecular weight is 590 g/mol. The fraction of sp³-hybridized carbons (Fsp3) is 0.415. The summed E-state index contributed by atoms with van der Waals surface area (Å²) in [4.78, 5) is 0. The standard InChI is InChI=1S/C25H19Si.C16H36N/c1-26(22-14-6-2-10-18(22)19-11-3-7-15-23(19)26)24-16-8-4-12-20(24)21-13-5-9-17-25(21)26;1-5-9-13-17(14-10-6-2,15-11-7-3)16-12-8-4/h2-17H,1H3;5-16H2,1-4H3/q-1;+1. The Morgan fingerprint density at radius 2 is 0.628 bits per heavy atom. The van der Waals surface area contributed by atoms with E-state index < -0.39 is 7.35 Å². The van der Waals surface area contributed by atoms with Gasteiger partial charge in [-0.3, -0.25) is 0 Å². The van der Waals surface area contributed by atoms with Crippen LogP contribution in [0.2, 0.25) is 6.55 Å². The molecule has 0 radical (unpaired) electrons. The molecular weight excluding hydrogens is 535 g/mol. The van der Waals surface area contributed by atoms with Crippen molar-refractivity contribution < 1.29 is 4.48 Å². The van der Waals surface area contributed by atoms with E-state index in [0.717, 1.165) is 0 Å². The molecule has 0 N–H and O–H groups in total. The van der Waals surface area contributed by atoms with Crippen LogP contribution in [0, 0.1) is 0 Å². The number of benzene rings is 4. The number of fused-ring (bicyclic) bond motifs is 10. The van der Waals surface area contributed by atoms with Gasteiger partial charge in [0.1, 0.15) is 0 Å². The summed E-state index contributed by atoms with van der Waals surface area (Å²) in [7, 11) is -3.01. The molecule has 2 aliphatic heterocycles. The first-order chi connectivity index (χ1) is 21.0. The number of nitrogens with zero attached hydrogens (tertiary/aromatic N) is 1. The van der Waals surface area contributed by atoms with E-state index in [1.54, 1.807) is 20.7 Å². The van der Waals surface area contributed by atoms with Gasteiger partial charge in [0.05, 0.1) is 26.2 Å². The van der Waals surface area contributed by atoms with E-state index in [1.807, 2.05) is 0 Å². The first kappa shape index (κ1) is 31.5. The summed E-state index contributed by atoms with van der Waals surface area (Å²) in [5, 5.41) is 6.19. The van der Waals surface area contributed by atoms with Crippen molar-refractivity contribution in [2.45, 2.75) is 85.6 Å². The topological polar surface area (TPSA) is 0 Å². The molecule has 0 unspecified atom stereocenters. The van der Waals surface area contributed by atoms with Crippen molar-refractivity contribution in [2.75, 3.05) is 26.2 Å². The van der Waals surface area contributed by atoms with E-state index in [4.69, 9.17) is 0 Å². The Labute approximate surface area is 263 Å². The Hall–Kier alpha value is -2.94. The zero-order valence-electron chi connectivity index (χ0n) is 27.7. The molecule has 4 aromatic carbocycles. The molecule has 0 amide bonds. The Kier molecular flexibility index (Phi) is 9.78. The monoisotopic (exact) mass is 589 g/mol. The van der Waals surface area contributed by atoms with E-state index in [0.29, 0.717) is 0 Å². The van der Waals surface area contributed by atoms with Crippen LogP contribution in [0.15, 0.2) is 97.1 Å². The van der Waals surface area contributed by atoms with Crippen LogP contribution in [-0.2, 0) is 0 Å². The number of rotatable bonds is 12. The normalized spacial score (nSPS) is 15.8. The van der Waals surface area contributed by atoms with Crippen molar-refractivity contribution in [3.63, 3.8) is 0 Å². The zero-order chi connectivity index (χ0) is 30.4. The minimum atomic E-state index is -3.01. The van der Waals surface area contributed by atoms with Crippen molar-refractivity contribution in [3.05, 3.63) is 97.1 Å². The Morgan fingerprint density at radius 1 is 0.395 bits per heavy atom. The average Bonchev–Trinajstić information content (AvgIpc) is 3.45. The maximum atomic E-state index is 2.59. The fourth-order valence-electron chi connectivity index (χ4n) is 8.57. The molecule has 6 rings (SSSR count). The van der Waals surface area contributed by atoms with Crippen molar-refractivity contribution in [3.8, 4) is 22.3 Å². The summed E-state index contributed by atoms with van der Waals surface area (Å²) in [5.74, 6) is 0. The van der Waals surface area contributed by atoms with Crippen LogP contribution in [0.3, 0.4) is 0 Å². The van der Waals surface area contributed by atoms with Gasteiger partial charge in [-0.2, -0.15) is 0 Å². The minimum absolute atomic E-state index is 1.35. The SMILES string of the molecule is CCCC[N+](CCCC)(CCCC)CCCC.C[Si-]12(c3ccccc3-c3ccccc31)c1ccccc1-c1ccccc12. The third-order valence-corrected chi connectivity index (χ3v) is 18.1. The van der Waals surface area contributed by atoms with Crippen LogP contribution in [0.4, 0.5) is 0 Å². The summed E-state index contributed by atoms with van der Waals surface area (Å²) in [6.07, 6.45) is 11.1. The molecule has 4 aromatic rings. The predicted octanol–water partition coefficient (Wildman–Crippen LogP) is 8.61. The molecule has 1 spiro atoms. The van der Waals surface area contributed by atoms with Crippen LogP contribution in [0.25, 0.3) is 22.3 Å². The van der Waals surface area contributed by atoms with E-state index in [9.17, 15) is 0 Å². The van der Waals surface area contributed by atoms with Crippen molar-refractivity contribution >= 4 is 28.1 Å². The van der Waals surface area contributed by atoms with Gasteiger partial charge in [-0.05, 0) is 25.7 Å². The van der Waals surface area contributed by atoms with Crippen molar-refractivity contribution in [1.82, 2.24) is 0 Å². The van der Waals surface area contributed by atoms with Gasteiger partial charge in [0.25, 0.3) is 0 Å². The van der Waals surface area contributed by atoms with Crippen LogP contribution >= 0.6 is 0 Å². The number of unbranched alkanes of at least 4 members (excludes halogenated alkanes) is 4. The number of hydrogen-bond acceptors (Lipinski definition) is 0. The molecule has 0 bridgehead atoms. The molecule has 228 valence electrons. The molecule has 0 saturated heterocycles. The van der Waals surface area contributed by atoms with Gasteiger partial charge >= 0.3 is 154 Å². The summed E-state index contributed by atoms with van der Waals surface area (Å²) in [5.41, 5.74) is 5.69. The molecule has 2 aliphatic rings. The van der Waals surface area contributed by atoms with Crippen LogP contribution in [-0.4, -0.2) is 38.0 Å². The predicted molar refractivity (Wildman–Crippen MR) is 193 cm³/mol. The van der Waals surface area contributed by atoms with E-state index in [1.165, 1.54) is 104 Å². The molecule has 0 fully saturated rings. The summed E-state index contributed by atoms with van der Waals surface area (Å²) < 4.78 is 1.42. The van der Waals surface area contributed by atoms with Gasteiger partial charge in [-0.1, -0.05) is 53.4 Å². The number of quaternary nitrogens is 1. The van der Waals surface area contributed by atoms with E-state index in [-0.39, 0.29) is 0 Å². The molecule has 0 aromatic heterocycles. The molecule has 2 heterocycles. The van der Waals surface area contributed by atoms with Gasteiger partial charge in [-0.15, -0.1) is 0 Å². The number of hydrogen-bond donors (Lipinski definition) is 0. The van der Waals surface area contributed by atoms with Crippen LogP contribution in [0.5, 0.6) is 0 Å². The van der Waals surface area contributed by atoms with Gasteiger partial charge in [0.15, 0.2) is 0 Å². The second kappa shape index (κ2) is 13.4. The molecule has 2 heteroatoms. The second-order valence-corrected chi connectivity index (χ2v) is 19.2. The van der Waals surface area contributed by atoms with Gasteiger partial charge in [-0.25, -0.2) is 0 Å². The molecule has 43 heavy (non-hydrogen) atoms. The van der Waals surface area contributed by atoms with E-state index in [2.05, 4.69) is 131 Å². The van der Waals surface area contributed by atoms with Gasteiger partial charge in [0, 0.05) is 0 Å². The quantitative estimate of drug-likeness (QED) is 0.115. The first-order valence-electron chi connectivity index (χ1n) is 17.4. The maximum absolute atomic E-state index is 3.01. The Balaban J connectivity index is 0.000000191. The summed E-state index contributed by atoms with van der Waals surface area (Å²) in [6, 6.07) is 36.4. The van der Waals surface area contributed by atoms with Crippen molar-refractivity contribution in [1.29, 1.82) is 0 Å².